The Bertz CT molecular complexity index is 780. The fraction of sp³-hybridized carbons (Fsp3) is 0.733. The van der Waals surface area contributed by atoms with E-state index >= 15 is 0 Å². The molecule has 2 aliphatic rings. The van der Waals surface area contributed by atoms with Crippen LogP contribution < -0.4 is 0 Å². The summed E-state index contributed by atoms with van der Waals surface area (Å²) in [6, 6.07) is 9.38. The van der Waals surface area contributed by atoms with E-state index in [9.17, 15) is 10.5 Å². The van der Waals surface area contributed by atoms with Gasteiger partial charge in [0.25, 0.3) is 0 Å². The molecular formula is C30H44N2. The van der Waals surface area contributed by atoms with Crippen LogP contribution in [-0.4, -0.2) is 0 Å². The molecule has 2 saturated carbocycles. The molecule has 0 radical (unpaired) electrons. The summed E-state index contributed by atoms with van der Waals surface area (Å²) in [6.45, 7) is 4.55. The molecule has 1 aromatic rings. The Morgan fingerprint density at radius 1 is 0.625 bits per heavy atom. The summed E-state index contributed by atoms with van der Waals surface area (Å²) >= 11 is 0. The largest absolute Gasteiger partial charge is 0.192 e. The topological polar surface area (TPSA) is 47.6 Å². The van der Waals surface area contributed by atoms with Crippen molar-refractivity contribution >= 4 is 0 Å². The Morgan fingerprint density at radius 2 is 1.06 bits per heavy atom. The van der Waals surface area contributed by atoms with Gasteiger partial charge in [-0.15, -0.1) is 0 Å². The van der Waals surface area contributed by atoms with Crippen LogP contribution in [0.25, 0.3) is 0 Å². The first-order valence-electron chi connectivity index (χ1n) is 13.7. The maximum atomic E-state index is 10.0. The van der Waals surface area contributed by atoms with Gasteiger partial charge in [-0.05, 0) is 86.2 Å². The number of hydrogen-bond acceptors (Lipinski definition) is 2. The monoisotopic (exact) mass is 432 g/mol. The average Bonchev–Trinajstić information content (AvgIpc) is 2.85. The highest BCUT2D eigenvalue weighted by Gasteiger charge is 2.29. The zero-order valence-corrected chi connectivity index (χ0v) is 20.7. The van der Waals surface area contributed by atoms with E-state index in [1.807, 2.05) is 0 Å². The second kappa shape index (κ2) is 13.0. The van der Waals surface area contributed by atoms with Crippen molar-refractivity contribution in [3.63, 3.8) is 0 Å². The minimum atomic E-state index is 0.461. The van der Waals surface area contributed by atoms with E-state index in [2.05, 4.69) is 38.1 Å². The minimum absolute atomic E-state index is 0.461. The van der Waals surface area contributed by atoms with Crippen molar-refractivity contribution in [3.05, 3.63) is 34.4 Å². The van der Waals surface area contributed by atoms with Gasteiger partial charge in [0.05, 0.1) is 11.1 Å². The van der Waals surface area contributed by atoms with Crippen LogP contribution >= 0.6 is 0 Å². The molecule has 0 amide bonds. The molecule has 32 heavy (non-hydrogen) atoms. The van der Waals surface area contributed by atoms with Gasteiger partial charge in [0.15, 0.2) is 0 Å². The molecule has 2 fully saturated rings. The van der Waals surface area contributed by atoms with Crippen LogP contribution in [0.3, 0.4) is 0 Å². The van der Waals surface area contributed by atoms with Gasteiger partial charge < -0.3 is 0 Å². The highest BCUT2D eigenvalue weighted by atomic mass is 14.4. The van der Waals surface area contributed by atoms with Crippen molar-refractivity contribution in [1.29, 1.82) is 10.5 Å². The minimum Gasteiger partial charge on any atom is -0.192 e. The second-order valence-corrected chi connectivity index (χ2v) is 10.6. The van der Waals surface area contributed by atoms with E-state index in [-0.39, 0.29) is 0 Å². The Kier molecular flexibility index (Phi) is 10.1. The average molecular weight is 433 g/mol. The maximum absolute atomic E-state index is 10.0. The number of rotatable bonds is 10. The molecule has 2 heteroatoms. The summed E-state index contributed by atoms with van der Waals surface area (Å²) in [5.74, 6) is 2.65. The Balaban J connectivity index is 1.65. The van der Waals surface area contributed by atoms with Crippen LogP contribution in [0.4, 0.5) is 0 Å². The van der Waals surface area contributed by atoms with Crippen molar-refractivity contribution in [2.45, 2.75) is 128 Å². The Hall–Kier alpha value is -1.80. The first kappa shape index (κ1) is 24.8. The molecule has 0 aromatic heterocycles. The van der Waals surface area contributed by atoms with Crippen LogP contribution in [0.2, 0.25) is 0 Å². The van der Waals surface area contributed by atoms with Gasteiger partial charge in [0.1, 0.15) is 12.1 Å². The van der Waals surface area contributed by atoms with Gasteiger partial charge in [-0.1, -0.05) is 77.3 Å². The highest BCUT2D eigenvalue weighted by molar-refractivity contribution is 5.56. The van der Waals surface area contributed by atoms with Gasteiger partial charge in [-0.3, -0.25) is 0 Å². The summed E-state index contributed by atoms with van der Waals surface area (Å²) in [6.07, 6.45) is 20.6. The van der Waals surface area contributed by atoms with E-state index in [1.54, 1.807) is 0 Å². The molecule has 2 nitrogen and oxygen atoms in total. The summed E-state index contributed by atoms with van der Waals surface area (Å²) in [5.41, 5.74) is 3.72. The number of nitrogens with zero attached hydrogens (tertiary/aromatic N) is 2. The van der Waals surface area contributed by atoms with Gasteiger partial charge in [-0.25, -0.2) is 0 Å². The zero-order valence-electron chi connectivity index (χ0n) is 20.7. The quantitative estimate of drug-likeness (QED) is 0.346. The fourth-order valence-corrected chi connectivity index (χ4v) is 6.43. The smallest absolute Gasteiger partial charge is 0.101 e. The predicted molar refractivity (Wildman–Crippen MR) is 134 cm³/mol. The molecule has 0 saturated heterocycles. The number of benzene rings is 1. The van der Waals surface area contributed by atoms with Crippen LogP contribution in [0.5, 0.6) is 0 Å². The van der Waals surface area contributed by atoms with Crippen LogP contribution in [-0.2, 0) is 0 Å². The number of unbranched alkanes of at least 4 members (excludes halogenated alkanes) is 4. The molecule has 2 aliphatic carbocycles. The highest BCUT2D eigenvalue weighted by Crippen LogP contribution is 2.43. The van der Waals surface area contributed by atoms with E-state index in [0.717, 1.165) is 23.0 Å². The Labute approximate surface area is 197 Å². The van der Waals surface area contributed by atoms with Crippen LogP contribution in [0.15, 0.2) is 12.1 Å². The Morgan fingerprint density at radius 3 is 1.47 bits per heavy atom. The van der Waals surface area contributed by atoms with Gasteiger partial charge >= 0.3 is 0 Å². The lowest BCUT2D eigenvalue weighted by Crippen LogP contribution is -2.17. The molecule has 3 rings (SSSR count). The van der Waals surface area contributed by atoms with Gasteiger partial charge in [0.2, 0.25) is 0 Å². The molecule has 0 heterocycles. The van der Waals surface area contributed by atoms with Gasteiger partial charge in [-0.2, -0.15) is 10.5 Å². The molecule has 0 N–H and O–H groups in total. The first-order valence-corrected chi connectivity index (χ1v) is 13.7. The van der Waals surface area contributed by atoms with E-state index < -0.39 is 0 Å². The van der Waals surface area contributed by atoms with Crippen molar-refractivity contribution in [1.82, 2.24) is 0 Å². The van der Waals surface area contributed by atoms with Gasteiger partial charge in [0, 0.05) is 0 Å². The van der Waals surface area contributed by atoms with E-state index in [4.69, 9.17) is 0 Å². The van der Waals surface area contributed by atoms with Crippen molar-refractivity contribution in [2.75, 3.05) is 0 Å². The third-order valence-electron chi connectivity index (χ3n) is 8.50. The van der Waals surface area contributed by atoms with E-state index in [0.29, 0.717) is 23.0 Å². The van der Waals surface area contributed by atoms with Crippen LogP contribution in [0.1, 0.15) is 151 Å². The lowest BCUT2D eigenvalue weighted by Gasteiger charge is -2.31. The molecule has 0 aliphatic heterocycles. The first-order chi connectivity index (χ1) is 15.7. The molecule has 0 spiro atoms. The van der Waals surface area contributed by atoms with Crippen molar-refractivity contribution in [2.24, 2.45) is 11.8 Å². The molecule has 1 aromatic carbocycles. The molecule has 174 valence electrons. The summed E-state index contributed by atoms with van der Waals surface area (Å²) < 4.78 is 0. The summed E-state index contributed by atoms with van der Waals surface area (Å²) in [4.78, 5) is 0. The maximum Gasteiger partial charge on any atom is 0.101 e. The molecule has 0 bridgehead atoms. The van der Waals surface area contributed by atoms with E-state index in [1.165, 1.54) is 103 Å². The second-order valence-electron chi connectivity index (χ2n) is 10.6. The third kappa shape index (κ3) is 6.38. The predicted octanol–water partition coefficient (Wildman–Crippen LogP) is 9.14. The number of hydrogen-bond donors (Lipinski definition) is 0. The SMILES string of the molecule is CCCCCCC1CCC(c2ccc(C3CCC(CCCC)CC3)c(C#N)c2C#N)CC1. The van der Waals surface area contributed by atoms with Crippen molar-refractivity contribution < 1.29 is 0 Å². The summed E-state index contributed by atoms with van der Waals surface area (Å²) in [5, 5.41) is 20.1. The normalized spacial score (nSPS) is 25.8. The standard InChI is InChI=1S/C30H44N2/c1-3-5-7-8-10-24-13-17-26(18-14-24)28-20-19-27(29(21-31)30(28)22-32)25-15-11-23(12-16-25)9-6-4-2/h19-20,23-26H,3-18H2,1-2H3. The van der Waals surface area contributed by atoms with Crippen LogP contribution in [0, 0.1) is 34.5 Å². The third-order valence-corrected chi connectivity index (χ3v) is 8.50. The lowest BCUT2D eigenvalue weighted by atomic mass is 9.72. The molecular weight excluding hydrogens is 388 g/mol. The molecule has 0 atom stereocenters. The summed E-state index contributed by atoms with van der Waals surface area (Å²) in [7, 11) is 0. The number of nitriles is 2. The van der Waals surface area contributed by atoms with Crippen molar-refractivity contribution in [3.8, 4) is 12.1 Å². The molecule has 0 unspecified atom stereocenters. The fourth-order valence-electron chi connectivity index (χ4n) is 6.43. The lowest BCUT2D eigenvalue weighted by molar-refractivity contribution is 0.301. The zero-order chi connectivity index (χ0) is 22.8.